The van der Waals surface area contributed by atoms with Gasteiger partial charge in [-0.25, -0.2) is 4.98 Å². The van der Waals surface area contributed by atoms with Crippen LogP contribution in [-0.2, 0) is 37.8 Å². The van der Waals surface area contributed by atoms with Crippen molar-refractivity contribution in [1.29, 1.82) is 10.8 Å². The summed E-state index contributed by atoms with van der Waals surface area (Å²) in [4.78, 5) is 20.7. The molecule has 6 aromatic rings. The van der Waals surface area contributed by atoms with Crippen molar-refractivity contribution >= 4 is 45.1 Å². The molecule has 9 nitrogen and oxygen atoms in total. The Morgan fingerprint density at radius 2 is 1.47 bits per heavy atom. The van der Waals surface area contributed by atoms with E-state index in [1.165, 1.54) is 0 Å². The van der Waals surface area contributed by atoms with Crippen LogP contribution in [0.4, 0.5) is 5.69 Å². The van der Waals surface area contributed by atoms with Gasteiger partial charge in [-0.1, -0.05) is 91.0 Å². The number of aromatic nitrogens is 2. The molecule has 0 atom stereocenters. The molecule has 0 aliphatic rings. The largest absolute Gasteiger partial charge is 0.384 e. The Morgan fingerprint density at radius 3 is 2.17 bits per heavy atom. The maximum absolute atomic E-state index is 13.9. The van der Waals surface area contributed by atoms with Gasteiger partial charge in [-0.2, -0.15) is 0 Å². The summed E-state index contributed by atoms with van der Waals surface area (Å²) in [5.41, 5.74) is 18.4. The van der Waals surface area contributed by atoms with E-state index in [2.05, 4.69) is 34.1 Å². The van der Waals surface area contributed by atoms with Gasteiger partial charge < -0.3 is 26.3 Å². The topological polar surface area (TPSA) is 150 Å². The first-order valence-corrected chi connectivity index (χ1v) is 15.6. The van der Waals surface area contributed by atoms with Crippen molar-refractivity contribution in [3.05, 3.63) is 143 Å². The Morgan fingerprint density at radius 1 is 0.809 bits per heavy atom. The molecule has 236 valence electrons. The molecular weight excluding hydrogens is 584 g/mol. The van der Waals surface area contributed by atoms with Crippen LogP contribution in [0.5, 0.6) is 0 Å². The molecule has 7 N–H and O–H groups in total. The average Bonchev–Trinajstić information content (AvgIpc) is 3.40. The molecule has 0 bridgehead atoms. The number of benzene rings is 5. The Kier molecular flexibility index (Phi) is 9.08. The van der Waals surface area contributed by atoms with Crippen LogP contribution in [-0.4, -0.2) is 33.7 Å². The quantitative estimate of drug-likeness (QED) is 0.0915. The number of amides is 1. The number of nitrogens with two attached hydrogens (primary N) is 2. The second kappa shape index (κ2) is 13.7. The molecule has 0 aliphatic heterocycles. The fourth-order valence-electron chi connectivity index (χ4n) is 5.87. The highest BCUT2D eigenvalue weighted by molar-refractivity contribution is 5.98. The van der Waals surface area contributed by atoms with Crippen molar-refractivity contribution in [3.8, 4) is 0 Å². The highest BCUT2D eigenvalue weighted by Gasteiger charge is 2.19. The van der Waals surface area contributed by atoms with Crippen LogP contribution in [0.1, 0.15) is 33.6 Å². The lowest BCUT2D eigenvalue weighted by Gasteiger charge is -2.24. The molecule has 1 heterocycles. The number of amidine groups is 2. The van der Waals surface area contributed by atoms with Crippen LogP contribution in [0.15, 0.2) is 109 Å². The number of aryl methyl sites for hydroxylation is 3. The van der Waals surface area contributed by atoms with E-state index in [4.69, 9.17) is 27.3 Å². The van der Waals surface area contributed by atoms with Crippen LogP contribution in [0.25, 0.3) is 21.8 Å². The van der Waals surface area contributed by atoms with E-state index in [0.29, 0.717) is 24.2 Å². The van der Waals surface area contributed by atoms with Gasteiger partial charge in [-0.15, -0.1) is 0 Å². The number of hydrogen-bond acceptors (Lipinski definition) is 5. The van der Waals surface area contributed by atoms with Crippen molar-refractivity contribution in [2.45, 2.75) is 25.9 Å². The van der Waals surface area contributed by atoms with Gasteiger partial charge in [0.25, 0.3) is 0 Å². The van der Waals surface area contributed by atoms with Gasteiger partial charge in [-0.05, 0) is 52.1 Å². The number of nitrogen functional groups attached to an aromatic ring is 2. The number of carbonyl (C=O) groups is 1. The van der Waals surface area contributed by atoms with E-state index in [-0.39, 0.29) is 24.1 Å². The number of nitrogens with zero attached hydrogens (tertiary/aromatic N) is 3. The smallest absolute Gasteiger partial charge is 0.241 e. The molecule has 47 heavy (non-hydrogen) atoms. The van der Waals surface area contributed by atoms with Crippen molar-refractivity contribution in [2.24, 2.45) is 18.5 Å². The second-order valence-corrected chi connectivity index (χ2v) is 11.7. The predicted octanol–water partition coefficient (Wildman–Crippen LogP) is 5.40. The minimum Gasteiger partial charge on any atom is -0.384 e. The summed E-state index contributed by atoms with van der Waals surface area (Å²) >= 11 is 0. The van der Waals surface area contributed by atoms with E-state index in [9.17, 15) is 4.79 Å². The van der Waals surface area contributed by atoms with Crippen LogP contribution < -0.4 is 21.7 Å². The van der Waals surface area contributed by atoms with Crippen molar-refractivity contribution in [2.75, 3.05) is 11.4 Å². The Labute approximate surface area is 273 Å². The zero-order valence-corrected chi connectivity index (χ0v) is 26.3. The van der Waals surface area contributed by atoms with Gasteiger partial charge in [0.05, 0.1) is 24.1 Å². The molecule has 0 aliphatic carbocycles. The van der Waals surface area contributed by atoms with Crippen LogP contribution in [0, 0.1) is 10.8 Å². The minimum absolute atomic E-state index is 0.0289. The first-order valence-electron chi connectivity index (χ1n) is 15.6. The number of carbonyl (C=O) groups excluding carboxylic acids is 1. The molecule has 1 amide bonds. The van der Waals surface area contributed by atoms with Gasteiger partial charge in [0.1, 0.15) is 17.5 Å². The fourth-order valence-corrected chi connectivity index (χ4v) is 5.87. The Bertz CT molecular complexity index is 2070. The number of rotatable bonds is 12. The van der Waals surface area contributed by atoms with Crippen molar-refractivity contribution < 1.29 is 4.79 Å². The van der Waals surface area contributed by atoms with Crippen molar-refractivity contribution in [3.63, 3.8) is 0 Å². The highest BCUT2D eigenvalue weighted by atomic mass is 16.2. The first-order chi connectivity index (χ1) is 22.8. The maximum Gasteiger partial charge on any atom is 0.241 e. The summed E-state index contributed by atoms with van der Waals surface area (Å²) in [6.07, 6.45) is 1.55. The highest BCUT2D eigenvalue weighted by Crippen LogP contribution is 2.27. The summed E-state index contributed by atoms with van der Waals surface area (Å²) in [5, 5.41) is 20.8. The summed E-state index contributed by atoms with van der Waals surface area (Å²) in [5.74, 6) is 0.994. The SMILES string of the molecule is Cn1c(CCc2ccc(C(=N)N)cc2)nc2cc(N(Cc3cccc4ccccc34)C(=O)CNCc3ccc(C(=N)N)cc3)ccc21. The third-order valence-corrected chi connectivity index (χ3v) is 8.55. The first kappa shape index (κ1) is 31.2. The summed E-state index contributed by atoms with van der Waals surface area (Å²) in [6.45, 7) is 1.07. The van der Waals surface area contributed by atoms with Gasteiger partial charge >= 0.3 is 0 Å². The second-order valence-electron chi connectivity index (χ2n) is 11.7. The van der Waals surface area contributed by atoms with Crippen LogP contribution in [0.3, 0.4) is 0 Å². The Hall–Kier alpha value is -5.80. The molecule has 0 spiro atoms. The van der Waals surface area contributed by atoms with Gasteiger partial charge in [0.15, 0.2) is 0 Å². The summed E-state index contributed by atoms with van der Waals surface area (Å²) in [6, 6.07) is 35.7. The fraction of sp³-hybridized carbons (Fsp3) is 0.158. The predicted molar refractivity (Wildman–Crippen MR) is 190 cm³/mol. The van der Waals surface area contributed by atoms with Crippen LogP contribution in [0.2, 0.25) is 0 Å². The standard InChI is InChI=1S/C38H38N8O/c1-45-34-19-18-31(21-33(34)44-35(45)20-13-25-9-14-28(15-10-25)37(39)40)46(24-30-7-4-6-27-5-2-3-8-32(27)30)36(47)23-43-22-26-11-16-29(17-12-26)38(41)42/h2-12,14-19,21,43H,13,20,22-24H2,1H3,(H3,39,40)(H3,41,42). The van der Waals surface area contributed by atoms with E-state index >= 15 is 0 Å². The normalized spacial score (nSPS) is 11.2. The lowest BCUT2D eigenvalue weighted by Crippen LogP contribution is -2.37. The number of hydrogen-bond donors (Lipinski definition) is 5. The molecule has 6 rings (SSSR count). The lowest BCUT2D eigenvalue weighted by atomic mass is 10.0. The number of nitrogens with one attached hydrogen (secondary N) is 3. The molecule has 0 saturated heterocycles. The number of fused-ring (bicyclic) bond motifs is 2. The minimum atomic E-state index is -0.0530. The van der Waals surface area contributed by atoms with Crippen molar-refractivity contribution in [1.82, 2.24) is 14.9 Å². The van der Waals surface area contributed by atoms with Gasteiger partial charge in [-0.3, -0.25) is 15.6 Å². The molecule has 0 radical (unpaired) electrons. The molecule has 0 unspecified atom stereocenters. The van der Waals surface area contributed by atoms with Crippen LogP contribution >= 0.6 is 0 Å². The molecule has 9 heteroatoms. The van der Waals surface area contributed by atoms with E-state index in [1.54, 1.807) is 0 Å². The molecule has 0 saturated carbocycles. The lowest BCUT2D eigenvalue weighted by molar-refractivity contribution is -0.118. The maximum atomic E-state index is 13.9. The summed E-state index contributed by atoms with van der Waals surface area (Å²) < 4.78 is 2.11. The molecule has 1 aromatic heterocycles. The molecular formula is C38H38N8O. The average molecular weight is 623 g/mol. The van der Waals surface area contributed by atoms with E-state index < -0.39 is 0 Å². The van der Waals surface area contributed by atoms with E-state index in [0.717, 1.165) is 62.8 Å². The van der Waals surface area contributed by atoms with E-state index in [1.807, 2.05) is 96.9 Å². The monoisotopic (exact) mass is 622 g/mol. The zero-order valence-electron chi connectivity index (χ0n) is 26.3. The number of anilines is 1. The van der Waals surface area contributed by atoms with Gasteiger partial charge in [0, 0.05) is 36.8 Å². The number of imidazole rings is 1. The zero-order chi connectivity index (χ0) is 32.9. The van der Waals surface area contributed by atoms with Gasteiger partial charge in [0.2, 0.25) is 5.91 Å². The molecule has 5 aromatic carbocycles. The third kappa shape index (κ3) is 7.05. The Balaban J connectivity index is 1.24. The summed E-state index contributed by atoms with van der Waals surface area (Å²) in [7, 11) is 2.02. The third-order valence-electron chi connectivity index (χ3n) is 8.55. The molecule has 0 fully saturated rings.